The fourth-order valence-electron chi connectivity index (χ4n) is 3.37. The molecule has 0 radical (unpaired) electrons. The van der Waals surface area contributed by atoms with E-state index in [0.717, 1.165) is 25.2 Å². The molecule has 2 saturated heterocycles. The zero-order valence-corrected chi connectivity index (χ0v) is 16.0. The highest BCUT2D eigenvalue weighted by Crippen LogP contribution is 2.18. The molecular formula is C18H27N3O4S. The van der Waals surface area contributed by atoms with Crippen LogP contribution in [0.2, 0.25) is 0 Å². The maximum absolute atomic E-state index is 12.6. The van der Waals surface area contributed by atoms with Crippen molar-refractivity contribution in [2.24, 2.45) is 0 Å². The number of carbonyl (C=O) groups is 1. The summed E-state index contributed by atoms with van der Waals surface area (Å²) in [6.45, 7) is 6.12. The Bertz CT molecular complexity index is 714. The molecule has 0 aliphatic carbocycles. The van der Waals surface area contributed by atoms with Gasteiger partial charge in [-0.05, 0) is 31.0 Å². The molecule has 1 atom stereocenters. The van der Waals surface area contributed by atoms with Gasteiger partial charge in [0.15, 0.2) is 0 Å². The Morgan fingerprint density at radius 3 is 2.54 bits per heavy atom. The van der Waals surface area contributed by atoms with Crippen LogP contribution in [0.3, 0.4) is 0 Å². The molecule has 3 rings (SSSR count). The van der Waals surface area contributed by atoms with E-state index in [1.807, 2.05) is 17.0 Å². The quantitative estimate of drug-likeness (QED) is 0.802. The van der Waals surface area contributed by atoms with Gasteiger partial charge in [0.2, 0.25) is 15.9 Å². The summed E-state index contributed by atoms with van der Waals surface area (Å²) in [7, 11) is -3.46. The number of hydrogen-bond donors (Lipinski definition) is 1. The lowest BCUT2D eigenvalue weighted by Gasteiger charge is -2.34. The molecule has 1 unspecified atom stereocenters. The van der Waals surface area contributed by atoms with Crippen molar-refractivity contribution in [3.05, 3.63) is 29.8 Å². The van der Waals surface area contributed by atoms with Crippen LogP contribution in [0.15, 0.2) is 29.2 Å². The summed E-state index contributed by atoms with van der Waals surface area (Å²) in [5.74, 6) is 0.156. The van der Waals surface area contributed by atoms with Gasteiger partial charge in [-0.15, -0.1) is 0 Å². The molecular weight excluding hydrogens is 354 g/mol. The summed E-state index contributed by atoms with van der Waals surface area (Å²) in [6, 6.07) is 7.11. The van der Waals surface area contributed by atoms with Gasteiger partial charge >= 0.3 is 0 Å². The van der Waals surface area contributed by atoms with E-state index in [1.165, 1.54) is 4.31 Å². The van der Waals surface area contributed by atoms with E-state index in [2.05, 4.69) is 12.2 Å². The van der Waals surface area contributed by atoms with Crippen LogP contribution in [0.4, 0.5) is 0 Å². The normalized spacial score (nSPS) is 22.3. The Morgan fingerprint density at radius 2 is 1.88 bits per heavy atom. The van der Waals surface area contributed by atoms with E-state index in [-0.39, 0.29) is 11.9 Å². The number of nitrogens with one attached hydrogen (secondary N) is 1. The molecule has 2 fully saturated rings. The fraction of sp³-hybridized carbons (Fsp3) is 0.611. The number of morpholine rings is 1. The van der Waals surface area contributed by atoms with Gasteiger partial charge in [-0.25, -0.2) is 8.42 Å². The average molecular weight is 381 g/mol. The predicted octanol–water partition coefficient (Wildman–Crippen LogP) is 0.460. The Hall–Kier alpha value is -1.48. The molecule has 1 N–H and O–H groups in total. The average Bonchev–Trinajstić information content (AvgIpc) is 2.67. The molecule has 144 valence electrons. The van der Waals surface area contributed by atoms with E-state index in [4.69, 9.17) is 4.74 Å². The number of aryl methyl sites for hydroxylation is 1. The van der Waals surface area contributed by atoms with Crippen LogP contribution >= 0.6 is 0 Å². The van der Waals surface area contributed by atoms with Crippen LogP contribution in [0, 0.1) is 0 Å². The van der Waals surface area contributed by atoms with Crippen molar-refractivity contribution in [3.8, 4) is 0 Å². The van der Waals surface area contributed by atoms with Crippen molar-refractivity contribution in [2.75, 3.05) is 45.9 Å². The molecule has 2 aliphatic rings. The summed E-state index contributed by atoms with van der Waals surface area (Å²) >= 11 is 0. The number of piperazine rings is 1. The topological polar surface area (TPSA) is 79.0 Å². The minimum atomic E-state index is -3.46. The molecule has 1 aromatic carbocycles. The third-order valence-corrected chi connectivity index (χ3v) is 6.89. The Morgan fingerprint density at radius 1 is 1.19 bits per heavy atom. The van der Waals surface area contributed by atoms with Gasteiger partial charge in [0.25, 0.3) is 0 Å². The molecule has 0 bridgehead atoms. The SMILES string of the molecule is CC1CNCCN1C(=O)CCc1ccc(S(=O)(=O)N2CCOCC2)cc1. The molecule has 2 heterocycles. The molecule has 8 heteroatoms. The third kappa shape index (κ3) is 4.43. The maximum atomic E-state index is 12.6. The van der Waals surface area contributed by atoms with Gasteiger partial charge in [-0.1, -0.05) is 12.1 Å². The number of ether oxygens (including phenoxy) is 1. The van der Waals surface area contributed by atoms with Crippen LogP contribution in [-0.2, 0) is 26.0 Å². The van der Waals surface area contributed by atoms with Crippen molar-refractivity contribution >= 4 is 15.9 Å². The Balaban J connectivity index is 1.58. The number of hydrogen-bond acceptors (Lipinski definition) is 5. The summed E-state index contributed by atoms with van der Waals surface area (Å²) < 4.78 is 31.9. The predicted molar refractivity (Wildman–Crippen MR) is 98.4 cm³/mol. The zero-order valence-electron chi connectivity index (χ0n) is 15.2. The first-order chi connectivity index (χ1) is 12.5. The van der Waals surface area contributed by atoms with Crippen LogP contribution in [-0.4, -0.2) is 75.5 Å². The van der Waals surface area contributed by atoms with Crippen LogP contribution in [0.1, 0.15) is 18.9 Å². The summed E-state index contributed by atoms with van der Waals surface area (Å²) in [5, 5.41) is 3.28. The number of amides is 1. The van der Waals surface area contributed by atoms with Crippen LogP contribution < -0.4 is 5.32 Å². The number of benzene rings is 1. The van der Waals surface area contributed by atoms with E-state index >= 15 is 0 Å². The van der Waals surface area contributed by atoms with E-state index in [0.29, 0.717) is 44.0 Å². The second kappa shape index (κ2) is 8.47. The lowest BCUT2D eigenvalue weighted by atomic mass is 10.1. The highest BCUT2D eigenvalue weighted by atomic mass is 32.2. The summed E-state index contributed by atoms with van der Waals surface area (Å²) in [6.07, 6.45) is 1.06. The lowest BCUT2D eigenvalue weighted by Crippen LogP contribution is -2.52. The molecule has 0 spiro atoms. The van der Waals surface area contributed by atoms with Gasteiger partial charge < -0.3 is 15.0 Å². The highest BCUT2D eigenvalue weighted by molar-refractivity contribution is 7.89. The highest BCUT2D eigenvalue weighted by Gasteiger charge is 2.26. The molecule has 7 nitrogen and oxygen atoms in total. The molecule has 26 heavy (non-hydrogen) atoms. The van der Waals surface area contributed by atoms with Gasteiger partial charge in [-0.3, -0.25) is 4.79 Å². The second-order valence-corrected chi connectivity index (χ2v) is 8.74. The molecule has 0 saturated carbocycles. The van der Waals surface area contributed by atoms with Crippen molar-refractivity contribution in [1.82, 2.24) is 14.5 Å². The van der Waals surface area contributed by atoms with E-state index in [9.17, 15) is 13.2 Å². The Kier molecular flexibility index (Phi) is 6.29. The summed E-state index contributed by atoms with van der Waals surface area (Å²) in [4.78, 5) is 14.6. The summed E-state index contributed by atoms with van der Waals surface area (Å²) in [5.41, 5.74) is 0.974. The van der Waals surface area contributed by atoms with Gasteiger partial charge in [0, 0.05) is 45.2 Å². The minimum Gasteiger partial charge on any atom is -0.379 e. The first-order valence-electron chi connectivity index (χ1n) is 9.15. The number of nitrogens with zero attached hydrogens (tertiary/aromatic N) is 2. The van der Waals surface area contributed by atoms with E-state index < -0.39 is 10.0 Å². The van der Waals surface area contributed by atoms with Crippen LogP contribution in [0.25, 0.3) is 0 Å². The number of rotatable bonds is 5. The van der Waals surface area contributed by atoms with Crippen molar-refractivity contribution in [1.29, 1.82) is 0 Å². The first-order valence-corrected chi connectivity index (χ1v) is 10.6. The van der Waals surface area contributed by atoms with Crippen molar-refractivity contribution < 1.29 is 17.9 Å². The van der Waals surface area contributed by atoms with E-state index in [1.54, 1.807) is 12.1 Å². The fourth-order valence-corrected chi connectivity index (χ4v) is 4.78. The third-order valence-electron chi connectivity index (χ3n) is 4.98. The molecule has 1 aromatic rings. The smallest absolute Gasteiger partial charge is 0.243 e. The zero-order chi connectivity index (χ0) is 18.6. The molecule has 0 aromatic heterocycles. The monoisotopic (exact) mass is 381 g/mol. The van der Waals surface area contributed by atoms with Gasteiger partial charge in [0.05, 0.1) is 18.1 Å². The first kappa shape index (κ1) is 19.3. The minimum absolute atomic E-state index is 0.156. The largest absolute Gasteiger partial charge is 0.379 e. The Labute approximate surface area is 155 Å². The van der Waals surface area contributed by atoms with Crippen molar-refractivity contribution in [2.45, 2.75) is 30.7 Å². The lowest BCUT2D eigenvalue weighted by molar-refractivity contribution is -0.133. The second-order valence-electron chi connectivity index (χ2n) is 6.80. The molecule has 1 amide bonds. The maximum Gasteiger partial charge on any atom is 0.243 e. The van der Waals surface area contributed by atoms with Gasteiger partial charge in [-0.2, -0.15) is 4.31 Å². The number of carbonyl (C=O) groups excluding carboxylic acids is 1. The number of sulfonamides is 1. The standard InChI is InChI=1S/C18H27N3O4S/c1-15-14-19-8-9-21(15)18(22)7-4-16-2-5-17(6-3-16)26(23,24)20-10-12-25-13-11-20/h2-3,5-6,15,19H,4,7-14H2,1H3. The van der Waals surface area contributed by atoms with Gasteiger partial charge in [0.1, 0.15) is 0 Å². The van der Waals surface area contributed by atoms with Crippen LogP contribution in [0.5, 0.6) is 0 Å². The van der Waals surface area contributed by atoms with Crippen molar-refractivity contribution in [3.63, 3.8) is 0 Å². The molecule has 2 aliphatic heterocycles.